The highest BCUT2D eigenvalue weighted by Crippen LogP contribution is 2.50. The number of benzene rings is 2. The number of allylic oxidation sites excluding steroid dienone is 3. The van der Waals surface area contributed by atoms with Crippen molar-refractivity contribution in [3.05, 3.63) is 87.6 Å². The first kappa shape index (κ1) is 25.0. The van der Waals surface area contributed by atoms with E-state index in [1.165, 1.54) is 29.4 Å². The van der Waals surface area contributed by atoms with Gasteiger partial charge in [-0.05, 0) is 47.6 Å². The van der Waals surface area contributed by atoms with Crippen LogP contribution in [0.25, 0.3) is 33.1 Å². The van der Waals surface area contributed by atoms with Crippen LogP contribution in [-0.2, 0) is 11.3 Å². The third-order valence-electron chi connectivity index (χ3n) is 8.63. The number of carbonyl (C=O) groups is 2. The van der Waals surface area contributed by atoms with Crippen LogP contribution in [0.15, 0.2) is 54.6 Å². The maximum atomic E-state index is 14.7. The predicted molar refractivity (Wildman–Crippen MR) is 158 cm³/mol. The van der Waals surface area contributed by atoms with Crippen molar-refractivity contribution in [2.24, 2.45) is 0 Å². The summed E-state index contributed by atoms with van der Waals surface area (Å²) in [6.07, 6.45) is 11.6. The highest BCUT2D eigenvalue weighted by atomic mass is 32.1. The fourth-order valence-electron chi connectivity index (χ4n) is 6.81. The Morgan fingerprint density at radius 2 is 1.88 bits per heavy atom. The average Bonchev–Trinajstić information content (AvgIpc) is 3.39. The molecule has 5 nitrogen and oxygen atoms in total. The molecule has 0 spiro atoms. The van der Waals surface area contributed by atoms with E-state index in [4.69, 9.17) is 0 Å². The molecule has 202 valence electrons. The minimum Gasteiger partial charge on any atom is -0.477 e. The van der Waals surface area contributed by atoms with Gasteiger partial charge in [-0.15, -0.1) is 11.3 Å². The van der Waals surface area contributed by atoms with E-state index < -0.39 is 5.97 Å². The molecule has 0 radical (unpaired) electrons. The van der Waals surface area contributed by atoms with Crippen molar-refractivity contribution >= 4 is 50.8 Å². The third-order valence-corrected chi connectivity index (χ3v) is 9.78. The topological polar surface area (TPSA) is 71.3 Å². The van der Waals surface area contributed by atoms with Gasteiger partial charge in [-0.3, -0.25) is 4.79 Å². The molecule has 7 heteroatoms. The quantitative estimate of drug-likeness (QED) is 0.268. The van der Waals surface area contributed by atoms with Gasteiger partial charge in [0.2, 0.25) is 5.91 Å². The molecular weight excluding hydrogens is 523 g/mol. The molecule has 7 rings (SSSR count). The number of rotatable bonds is 3. The lowest BCUT2D eigenvalue weighted by Crippen LogP contribution is -2.17. The normalized spacial score (nSPS) is 18.8. The van der Waals surface area contributed by atoms with E-state index in [0.717, 1.165) is 69.5 Å². The summed E-state index contributed by atoms with van der Waals surface area (Å²) in [6.45, 7) is 2.22. The second-order valence-electron chi connectivity index (χ2n) is 11.1. The van der Waals surface area contributed by atoms with Crippen LogP contribution in [0.1, 0.15) is 82.8 Å². The van der Waals surface area contributed by atoms with E-state index in [1.807, 2.05) is 22.8 Å². The number of carboxylic acids is 1. The molecular formula is C33H29FN2O3S. The van der Waals surface area contributed by atoms with Gasteiger partial charge >= 0.3 is 5.97 Å². The molecule has 2 aromatic heterocycles. The van der Waals surface area contributed by atoms with Gasteiger partial charge in [0.05, 0.1) is 21.6 Å². The van der Waals surface area contributed by atoms with Gasteiger partial charge in [0.25, 0.3) is 0 Å². The zero-order valence-electron chi connectivity index (χ0n) is 22.2. The van der Waals surface area contributed by atoms with Crippen LogP contribution in [0.4, 0.5) is 10.1 Å². The van der Waals surface area contributed by atoms with E-state index >= 15 is 0 Å². The smallest absolute Gasteiger partial charge is 0.345 e. The van der Waals surface area contributed by atoms with Crippen molar-refractivity contribution in [1.29, 1.82) is 0 Å². The largest absolute Gasteiger partial charge is 0.477 e. The molecule has 2 N–H and O–H groups in total. The average molecular weight is 553 g/mol. The molecule has 1 atom stereocenters. The van der Waals surface area contributed by atoms with Crippen LogP contribution < -0.4 is 5.32 Å². The molecule has 4 aromatic rings. The van der Waals surface area contributed by atoms with Crippen molar-refractivity contribution in [3.63, 3.8) is 0 Å². The van der Waals surface area contributed by atoms with Gasteiger partial charge < -0.3 is 15.0 Å². The van der Waals surface area contributed by atoms with Crippen LogP contribution in [0, 0.1) is 5.82 Å². The molecule has 40 heavy (non-hydrogen) atoms. The Bertz CT molecular complexity index is 1770. The summed E-state index contributed by atoms with van der Waals surface area (Å²) in [5, 5.41) is 13.0. The number of carbonyl (C=O) groups excluding carboxylic acids is 1. The second-order valence-corrected chi connectivity index (χ2v) is 12.1. The minimum absolute atomic E-state index is 0.00344. The molecule has 1 amide bonds. The number of thiophene rings is 1. The van der Waals surface area contributed by atoms with Crippen LogP contribution in [0.2, 0.25) is 0 Å². The SMILES string of the molecule is CC1C=C(c2ccccc2F)C=Cc2c1ccc1c2NC(=O)Cn2c-1c(C1CCCCC1)c1sc(C(=O)O)cc12. The van der Waals surface area contributed by atoms with E-state index in [2.05, 4.69) is 30.4 Å². The fraction of sp³-hybridized carbons (Fsp3) is 0.273. The number of halogens is 1. The lowest BCUT2D eigenvalue weighted by Gasteiger charge is -2.24. The lowest BCUT2D eigenvalue weighted by atomic mass is 9.82. The molecule has 1 unspecified atom stereocenters. The van der Waals surface area contributed by atoms with Gasteiger partial charge in [0, 0.05) is 22.6 Å². The Balaban J connectivity index is 1.46. The van der Waals surface area contributed by atoms with Gasteiger partial charge in [-0.25, -0.2) is 9.18 Å². The maximum absolute atomic E-state index is 14.7. The van der Waals surface area contributed by atoms with Crippen LogP contribution in [-0.4, -0.2) is 21.6 Å². The maximum Gasteiger partial charge on any atom is 0.345 e. The Morgan fingerprint density at radius 1 is 1.07 bits per heavy atom. The summed E-state index contributed by atoms with van der Waals surface area (Å²) in [5.41, 5.74) is 8.11. The summed E-state index contributed by atoms with van der Waals surface area (Å²) in [4.78, 5) is 25.6. The Morgan fingerprint density at radius 3 is 2.65 bits per heavy atom. The van der Waals surface area contributed by atoms with Crippen molar-refractivity contribution in [1.82, 2.24) is 4.57 Å². The second kappa shape index (κ2) is 9.59. The number of amides is 1. The number of aromatic carboxylic acids is 1. The number of carboxylic acid groups (broad SMARTS) is 1. The first-order valence-corrected chi connectivity index (χ1v) is 14.7. The van der Waals surface area contributed by atoms with Crippen LogP contribution in [0.5, 0.6) is 0 Å². The summed E-state index contributed by atoms with van der Waals surface area (Å²) >= 11 is 1.32. The summed E-state index contributed by atoms with van der Waals surface area (Å²) in [7, 11) is 0. The Kier molecular flexibility index (Phi) is 6.00. The van der Waals surface area contributed by atoms with E-state index in [-0.39, 0.29) is 24.2 Å². The summed E-state index contributed by atoms with van der Waals surface area (Å²) < 4.78 is 17.7. The first-order valence-electron chi connectivity index (χ1n) is 13.9. The summed E-state index contributed by atoms with van der Waals surface area (Å²) in [6, 6.07) is 12.7. The Labute approximate surface area is 235 Å². The number of hydrogen-bond acceptors (Lipinski definition) is 3. The molecule has 2 aromatic carbocycles. The fourth-order valence-corrected chi connectivity index (χ4v) is 7.93. The van der Waals surface area contributed by atoms with Crippen LogP contribution >= 0.6 is 11.3 Å². The highest BCUT2D eigenvalue weighted by molar-refractivity contribution is 7.21. The molecule has 3 heterocycles. The number of aromatic nitrogens is 1. The number of anilines is 1. The zero-order chi connectivity index (χ0) is 27.5. The standard InChI is InChI=1S/C33H29FN2O3S/c1-18-15-20(22-9-5-6-10-25(22)34)11-12-23-21(18)13-14-24-30(23)35-28(37)17-36-26-16-27(33(38)39)40-32(26)29(31(24)36)19-7-3-2-4-8-19/h5-6,9-16,18-19H,2-4,7-8,17H2,1H3,(H,35,37)(H,38,39). The monoisotopic (exact) mass is 552 g/mol. The first-order chi connectivity index (χ1) is 19.4. The molecule has 1 aliphatic heterocycles. The van der Waals surface area contributed by atoms with Crippen molar-refractivity contribution in [2.45, 2.75) is 57.4 Å². The number of hydrogen-bond donors (Lipinski definition) is 2. The molecule has 0 bridgehead atoms. The zero-order valence-corrected chi connectivity index (χ0v) is 23.0. The lowest BCUT2D eigenvalue weighted by molar-refractivity contribution is -0.116. The van der Waals surface area contributed by atoms with Gasteiger partial charge in [-0.1, -0.05) is 74.7 Å². The molecule has 1 fully saturated rings. The van der Waals surface area contributed by atoms with Crippen molar-refractivity contribution < 1.29 is 19.1 Å². The van der Waals surface area contributed by atoms with Crippen molar-refractivity contribution in [2.75, 3.05) is 5.32 Å². The highest BCUT2D eigenvalue weighted by Gasteiger charge is 2.33. The summed E-state index contributed by atoms with van der Waals surface area (Å²) in [5.74, 6) is -1.03. The number of nitrogens with one attached hydrogen (secondary N) is 1. The van der Waals surface area contributed by atoms with Crippen molar-refractivity contribution in [3.8, 4) is 11.3 Å². The van der Waals surface area contributed by atoms with Crippen LogP contribution in [0.3, 0.4) is 0 Å². The van der Waals surface area contributed by atoms with Gasteiger partial charge in [0.15, 0.2) is 0 Å². The van der Waals surface area contributed by atoms with E-state index in [0.29, 0.717) is 16.4 Å². The predicted octanol–water partition coefficient (Wildman–Crippen LogP) is 8.42. The van der Waals surface area contributed by atoms with E-state index in [9.17, 15) is 19.1 Å². The minimum atomic E-state index is -0.939. The number of nitrogens with zero attached hydrogens (tertiary/aromatic N) is 1. The third kappa shape index (κ3) is 3.94. The molecule has 2 aliphatic carbocycles. The van der Waals surface area contributed by atoms with E-state index in [1.54, 1.807) is 18.2 Å². The molecule has 1 saturated carbocycles. The molecule has 3 aliphatic rings. The van der Waals surface area contributed by atoms with Gasteiger partial charge in [0.1, 0.15) is 17.2 Å². The number of fused-ring (bicyclic) bond motifs is 7. The Hall–Kier alpha value is -3.97. The molecule has 0 saturated heterocycles. The van der Waals surface area contributed by atoms with Gasteiger partial charge in [-0.2, -0.15) is 0 Å².